The molecule has 2 fully saturated rings. The number of rotatable bonds is 2. The number of nitrogens with zero attached hydrogens (tertiary/aromatic N) is 1. The molecule has 17 heavy (non-hydrogen) atoms. The second-order valence-corrected chi connectivity index (χ2v) is 5.12. The lowest BCUT2D eigenvalue weighted by molar-refractivity contribution is -0.154. The number of carboxylic acid groups (broad SMARTS) is 1. The molecule has 0 bridgehead atoms. The Kier molecular flexibility index (Phi) is 3.66. The third-order valence-electron chi connectivity index (χ3n) is 3.91. The summed E-state index contributed by atoms with van der Waals surface area (Å²) in [4.78, 5) is 25.1. The van der Waals surface area contributed by atoms with Crippen molar-refractivity contribution in [2.45, 2.75) is 32.2 Å². The van der Waals surface area contributed by atoms with Crippen LogP contribution in [-0.2, 0) is 9.59 Å². The molecule has 5 heteroatoms. The van der Waals surface area contributed by atoms with Crippen LogP contribution in [0.2, 0.25) is 0 Å². The highest BCUT2D eigenvalue weighted by atomic mass is 16.4. The SMILES string of the molecule is CC1CNCC1C(=O)N1CCCC[C@H]1C(=O)O. The Morgan fingerprint density at radius 3 is 2.65 bits per heavy atom. The minimum absolute atomic E-state index is 0.0228. The molecule has 2 heterocycles. The summed E-state index contributed by atoms with van der Waals surface area (Å²) in [5.41, 5.74) is 0. The van der Waals surface area contributed by atoms with Crippen molar-refractivity contribution in [3.63, 3.8) is 0 Å². The van der Waals surface area contributed by atoms with Crippen LogP contribution in [0.5, 0.6) is 0 Å². The smallest absolute Gasteiger partial charge is 0.326 e. The molecule has 0 radical (unpaired) electrons. The highest BCUT2D eigenvalue weighted by Crippen LogP contribution is 2.24. The van der Waals surface area contributed by atoms with Gasteiger partial charge in [-0.2, -0.15) is 0 Å². The summed E-state index contributed by atoms with van der Waals surface area (Å²) >= 11 is 0. The number of carbonyl (C=O) groups is 2. The number of likely N-dealkylation sites (tertiary alicyclic amines) is 1. The molecular formula is C12H20N2O3. The lowest BCUT2D eigenvalue weighted by Gasteiger charge is -2.35. The lowest BCUT2D eigenvalue weighted by Crippen LogP contribution is -2.51. The third-order valence-corrected chi connectivity index (χ3v) is 3.91. The van der Waals surface area contributed by atoms with E-state index >= 15 is 0 Å². The minimum atomic E-state index is -0.864. The van der Waals surface area contributed by atoms with Crippen LogP contribution in [0.15, 0.2) is 0 Å². The fourth-order valence-corrected chi connectivity index (χ4v) is 2.81. The maximum absolute atomic E-state index is 12.3. The van der Waals surface area contributed by atoms with E-state index in [0.29, 0.717) is 25.4 Å². The van der Waals surface area contributed by atoms with E-state index in [2.05, 4.69) is 5.32 Å². The third kappa shape index (κ3) is 2.44. The molecule has 2 aliphatic heterocycles. The highest BCUT2D eigenvalue weighted by Gasteiger charge is 2.38. The van der Waals surface area contributed by atoms with Gasteiger partial charge in [0.2, 0.25) is 5.91 Å². The van der Waals surface area contributed by atoms with Crippen molar-refractivity contribution in [1.29, 1.82) is 0 Å². The van der Waals surface area contributed by atoms with E-state index in [0.717, 1.165) is 19.4 Å². The highest BCUT2D eigenvalue weighted by molar-refractivity contribution is 5.85. The molecule has 0 aromatic carbocycles. The van der Waals surface area contributed by atoms with Crippen LogP contribution in [0.3, 0.4) is 0 Å². The maximum Gasteiger partial charge on any atom is 0.326 e. The summed E-state index contributed by atoms with van der Waals surface area (Å²) in [6.45, 7) is 4.17. The van der Waals surface area contributed by atoms with Crippen LogP contribution in [-0.4, -0.2) is 47.6 Å². The fourth-order valence-electron chi connectivity index (χ4n) is 2.81. The largest absolute Gasteiger partial charge is 0.480 e. The van der Waals surface area contributed by atoms with Crippen LogP contribution in [0.4, 0.5) is 0 Å². The number of hydrogen-bond donors (Lipinski definition) is 2. The zero-order chi connectivity index (χ0) is 12.4. The van der Waals surface area contributed by atoms with E-state index in [4.69, 9.17) is 5.11 Å². The number of aliphatic carboxylic acids is 1. The van der Waals surface area contributed by atoms with Crippen molar-refractivity contribution < 1.29 is 14.7 Å². The summed E-state index contributed by atoms with van der Waals surface area (Å²) in [5.74, 6) is -0.583. The average molecular weight is 240 g/mol. The normalized spacial score (nSPS) is 33.7. The van der Waals surface area contributed by atoms with Crippen LogP contribution >= 0.6 is 0 Å². The molecule has 2 N–H and O–H groups in total. The quantitative estimate of drug-likeness (QED) is 0.728. The van der Waals surface area contributed by atoms with Crippen molar-refractivity contribution in [3.8, 4) is 0 Å². The molecule has 0 saturated carbocycles. The maximum atomic E-state index is 12.3. The van der Waals surface area contributed by atoms with Crippen molar-refractivity contribution in [1.82, 2.24) is 10.2 Å². The zero-order valence-electron chi connectivity index (χ0n) is 10.2. The average Bonchev–Trinajstić information content (AvgIpc) is 2.74. The van der Waals surface area contributed by atoms with Gasteiger partial charge in [-0.3, -0.25) is 4.79 Å². The van der Waals surface area contributed by atoms with E-state index in [9.17, 15) is 9.59 Å². The number of amides is 1. The monoisotopic (exact) mass is 240 g/mol. The first-order chi connectivity index (χ1) is 8.11. The number of carbonyl (C=O) groups excluding carboxylic acids is 1. The summed E-state index contributed by atoms with van der Waals surface area (Å²) in [6, 6.07) is -0.607. The fraction of sp³-hybridized carbons (Fsp3) is 0.833. The van der Waals surface area contributed by atoms with Gasteiger partial charge in [0, 0.05) is 13.1 Å². The van der Waals surface area contributed by atoms with E-state index in [1.54, 1.807) is 4.90 Å². The Labute approximate surface area is 101 Å². The molecule has 2 aliphatic rings. The summed E-state index contributed by atoms with van der Waals surface area (Å²) in [6.07, 6.45) is 2.42. The van der Waals surface area contributed by atoms with Crippen LogP contribution in [0.1, 0.15) is 26.2 Å². The molecule has 0 aromatic heterocycles. The van der Waals surface area contributed by atoms with E-state index < -0.39 is 12.0 Å². The molecule has 2 unspecified atom stereocenters. The molecule has 0 aliphatic carbocycles. The molecule has 2 saturated heterocycles. The topological polar surface area (TPSA) is 69.6 Å². The van der Waals surface area contributed by atoms with Crippen LogP contribution in [0, 0.1) is 11.8 Å². The molecular weight excluding hydrogens is 220 g/mol. The summed E-state index contributed by atoms with van der Waals surface area (Å²) < 4.78 is 0. The Morgan fingerprint density at radius 1 is 1.29 bits per heavy atom. The second kappa shape index (κ2) is 5.04. The Hall–Kier alpha value is -1.10. The Bertz CT molecular complexity index is 319. The molecule has 96 valence electrons. The molecule has 2 rings (SSSR count). The zero-order valence-corrected chi connectivity index (χ0v) is 10.2. The van der Waals surface area contributed by atoms with Gasteiger partial charge in [0.05, 0.1) is 5.92 Å². The Balaban J connectivity index is 2.08. The lowest BCUT2D eigenvalue weighted by atomic mass is 9.93. The van der Waals surface area contributed by atoms with Crippen molar-refractivity contribution in [2.75, 3.05) is 19.6 Å². The predicted octanol–water partition coefficient (Wildman–Crippen LogP) is 0.308. The summed E-state index contributed by atoms with van der Waals surface area (Å²) in [5, 5.41) is 12.3. The number of hydrogen-bond acceptors (Lipinski definition) is 3. The van der Waals surface area contributed by atoms with Crippen molar-refractivity contribution in [2.24, 2.45) is 11.8 Å². The van der Waals surface area contributed by atoms with Crippen LogP contribution in [0.25, 0.3) is 0 Å². The molecule has 3 atom stereocenters. The van der Waals surface area contributed by atoms with Crippen LogP contribution < -0.4 is 5.32 Å². The Morgan fingerprint density at radius 2 is 2.06 bits per heavy atom. The minimum Gasteiger partial charge on any atom is -0.480 e. The van der Waals surface area contributed by atoms with Gasteiger partial charge in [-0.15, -0.1) is 0 Å². The van der Waals surface area contributed by atoms with Gasteiger partial charge in [-0.1, -0.05) is 6.92 Å². The van der Waals surface area contributed by atoms with Gasteiger partial charge in [-0.05, 0) is 31.7 Å². The van der Waals surface area contributed by atoms with Crippen molar-refractivity contribution in [3.05, 3.63) is 0 Å². The number of carboxylic acids is 1. The van der Waals surface area contributed by atoms with Gasteiger partial charge in [-0.25, -0.2) is 4.79 Å². The van der Waals surface area contributed by atoms with Crippen molar-refractivity contribution >= 4 is 11.9 Å². The second-order valence-electron chi connectivity index (χ2n) is 5.12. The van der Waals surface area contributed by atoms with Gasteiger partial charge >= 0.3 is 5.97 Å². The van der Waals surface area contributed by atoms with Gasteiger partial charge < -0.3 is 15.3 Å². The standard InChI is InChI=1S/C12H20N2O3/c1-8-6-13-7-9(8)11(15)14-5-3-2-4-10(14)12(16)17/h8-10,13H,2-7H2,1H3,(H,16,17)/t8?,9?,10-/m0/s1. The summed E-state index contributed by atoms with van der Waals surface area (Å²) in [7, 11) is 0. The first-order valence-electron chi connectivity index (χ1n) is 6.35. The van der Waals surface area contributed by atoms with Gasteiger partial charge in [0.15, 0.2) is 0 Å². The first kappa shape index (κ1) is 12.4. The first-order valence-corrected chi connectivity index (χ1v) is 6.35. The number of nitrogens with one attached hydrogen (secondary N) is 1. The molecule has 0 aromatic rings. The molecule has 5 nitrogen and oxygen atoms in total. The number of piperidine rings is 1. The van der Waals surface area contributed by atoms with Gasteiger partial charge in [0.1, 0.15) is 6.04 Å². The van der Waals surface area contributed by atoms with E-state index in [1.165, 1.54) is 0 Å². The van der Waals surface area contributed by atoms with Gasteiger partial charge in [0.25, 0.3) is 0 Å². The van der Waals surface area contributed by atoms with E-state index in [-0.39, 0.29) is 11.8 Å². The molecule has 1 amide bonds. The van der Waals surface area contributed by atoms with E-state index in [1.807, 2.05) is 6.92 Å². The molecule has 0 spiro atoms. The predicted molar refractivity (Wildman–Crippen MR) is 62.5 cm³/mol.